The Kier molecular flexibility index (Phi) is 4.55. The molecular weight excluding hydrogens is 326 g/mol. The minimum absolute atomic E-state index is 0.737. The molecule has 1 aromatic heterocycles. The fraction of sp³-hybridized carbons (Fsp3) is 0.200. The molecule has 0 saturated heterocycles. The number of anilines is 1. The van der Waals surface area contributed by atoms with Crippen LogP contribution in [0.1, 0.15) is 5.56 Å². The van der Waals surface area contributed by atoms with E-state index >= 15 is 0 Å². The van der Waals surface area contributed by atoms with Gasteiger partial charge >= 0.3 is 0 Å². The summed E-state index contributed by atoms with van der Waals surface area (Å²) in [4.78, 5) is 2.12. The number of ether oxygens (including phenoxy) is 1. The van der Waals surface area contributed by atoms with Crippen molar-refractivity contribution >= 4 is 12.0 Å². The fourth-order valence-corrected chi connectivity index (χ4v) is 3.06. The van der Waals surface area contributed by atoms with E-state index in [1.54, 1.807) is 13.3 Å². The monoisotopic (exact) mass is 347 g/mol. The first-order valence-corrected chi connectivity index (χ1v) is 8.60. The molecule has 0 bridgehead atoms. The second-order valence-electron chi connectivity index (χ2n) is 6.18. The van der Waals surface area contributed by atoms with Crippen molar-refractivity contribution in [1.29, 1.82) is 0 Å². The van der Waals surface area contributed by atoms with E-state index in [9.17, 15) is 0 Å². The summed E-state index contributed by atoms with van der Waals surface area (Å²) in [6.07, 6.45) is 6.51. The van der Waals surface area contributed by atoms with Gasteiger partial charge in [-0.05, 0) is 24.1 Å². The van der Waals surface area contributed by atoms with Gasteiger partial charge in [-0.2, -0.15) is 10.2 Å². The third kappa shape index (κ3) is 3.39. The van der Waals surface area contributed by atoms with E-state index in [4.69, 9.17) is 4.74 Å². The van der Waals surface area contributed by atoms with Gasteiger partial charge in [0.25, 0.3) is 0 Å². The van der Waals surface area contributed by atoms with Crippen LogP contribution in [0.25, 0.3) is 11.1 Å². The average Bonchev–Trinajstić information content (AvgIpc) is 3.39. The van der Waals surface area contributed by atoms with Crippen LogP contribution >= 0.6 is 0 Å². The van der Waals surface area contributed by atoms with Crippen LogP contribution in [0, 0.1) is 0 Å². The summed E-state index contributed by atoms with van der Waals surface area (Å²) in [6.45, 7) is 1.63. The molecule has 2 aromatic carbocycles. The first-order valence-electron chi connectivity index (χ1n) is 8.60. The van der Waals surface area contributed by atoms with Crippen LogP contribution in [0.2, 0.25) is 0 Å². The Morgan fingerprint density at radius 2 is 2.04 bits per heavy atom. The van der Waals surface area contributed by atoms with Crippen LogP contribution in [0.15, 0.2) is 66.0 Å². The van der Waals surface area contributed by atoms with Crippen LogP contribution < -0.4 is 9.64 Å². The lowest BCUT2D eigenvalue weighted by Gasteiger charge is -2.20. The molecule has 2 heterocycles. The van der Waals surface area contributed by atoms with Crippen LogP contribution in [-0.4, -0.2) is 41.9 Å². The SMILES string of the molecule is COc1cc(N2C=NN(CCc3ccccc3)C2)ccc1-c1cn[nH]c1. The lowest BCUT2D eigenvalue weighted by molar-refractivity contribution is 0.322. The van der Waals surface area contributed by atoms with E-state index in [2.05, 4.69) is 61.6 Å². The highest BCUT2D eigenvalue weighted by Gasteiger charge is 2.17. The summed E-state index contributed by atoms with van der Waals surface area (Å²) in [5.74, 6) is 0.819. The molecule has 0 unspecified atom stereocenters. The van der Waals surface area contributed by atoms with Gasteiger partial charge in [-0.1, -0.05) is 30.3 Å². The molecule has 4 rings (SSSR count). The van der Waals surface area contributed by atoms with Gasteiger partial charge in [0.1, 0.15) is 18.8 Å². The molecule has 3 aromatic rings. The Morgan fingerprint density at radius 3 is 2.81 bits per heavy atom. The number of rotatable bonds is 6. The number of hydrogen-bond donors (Lipinski definition) is 1. The van der Waals surface area contributed by atoms with Crippen molar-refractivity contribution in [2.24, 2.45) is 5.10 Å². The Balaban J connectivity index is 1.43. The smallest absolute Gasteiger partial charge is 0.128 e. The fourth-order valence-electron chi connectivity index (χ4n) is 3.06. The molecule has 0 spiro atoms. The summed E-state index contributed by atoms with van der Waals surface area (Å²) >= 11 is 0. The van der Waals surface area contributed by atoms with Gasteiger partial charge in [-0.3, -0.25) is 10.1 Å². The molecule has 1 aliphatic rings. The van der Waals surface area contributed by atoms with Gasteiger partial charge in [0.15, 0.2) is 0 Å². The summed E-state index contributed by atoms with van der Waals surface area (Å²) in [5, 5.41) is 13.4. The number of H-pyrrole nitrogens is 1. The van der Waals surface area contributed by atoms with Crippen LogP contribution in [0.3, 0.4) is 0 Å². The first-order chi connectivity index (χ1) is 12.8. The molecule has 0 saturated carbocycles. The van der Waals surface area contributed by atoms with Crippen molar-refractivity contribution < 1.29 is 4.74 Å². The number of hydrazone groups is 1. The minimum atomic E-state index is 0.737. The molecule has 1 N–H and O–H groups in total. The number of aromatic nitrogens is 2. The third-order valence-corrected chi connectivity index (χ3v) is 4.50. The number of aromatic amines is 1. The minimum Gasteiger partial charge on any atom is -0.496 e. The molecule has 1 aliphatic heterocycles. The van der Waals surface area contributed by atoms with E-state index in [1.807, 2.05) is 24.7 Å². The van der Waals surface area contributed by atoms with Gasteiger partial charge in [0, 0.05) is 35.6 Å². The zero-order valence-electron chi connectivity index (χ0n) is 14.7. The molecule has 0 aliphatic carbocycles. The number of nitrogens with one attached hydrogen (secondary N) is 1. The maximum atomic E-state index is 5.58. The standard InChI is InChI=1S/C20H21N5O/c1-26-20-11-18(7-8-19(20)17-12-21-22-13-17)24-14-23-25(15-24)10-9-16-5-3-2-4-6-16/h2-8,11-14H,9-10,15H2,1H3,(H,21,22). The second-order valence-corrected chi connectivity index (χ2v) is 6.18. The topological polar surface area (TPSA) is 56.8 Å². The van der Waals surface area contributed by atoms with E-state index in [-0.39, 0.29) is 0 Å². The molecule has 132 valence electrons. The number of nitrogens with zero attached hydrogens (tertiary/aromatic N) is 4. The van der Waals surface area contributed by atoms with Crippen LogP contribution in [-0.2, 0) is 6.42 Å². The number of benzene rings is 2. The quantitative estimate of drug-likeness (QED) is 0.743. The van der Waals surface area contributed by atoms with Crippen molar-refractivity contribution in [3.8, 4) is 16.9 Å². The highest BCUT2D eigenvalue weighted by Crippen LogP contribution is 2.33. The van der Waals surface area contributed by atoms with Gasteiger partial charge in [0.2, 0.25) is 0 Å². The van der Waals surface area contributed by atoms with Crippen molar-refractivity contribution in [3.63, 3.8) is 0 Å². The Bertz CT molecular complexity index is 876. The zero-order valence-corrected chi connectivity index (χ0v) is 14.7. The lowest BCUT2D eigenvalue weighted by Crippen LogP contribution is -2.27. The van der Waals surface area contributed by atoms with E-state index in [0.29, 0.717) is 0 Å². The van der Waals surface area contributed by atoms with Crippen molar-refractivity contribution in [1.82, 2.24) is 15.2 Å². The second kappa shape index (κ2) is 7.31. The number of hydrogen-bond acceptors (Lipinski definition) is 5. The third-order valence-electron chi connectivity index (χ3n) is 4.50. The van der Waals surface area contributed by atoms with Crippen molar-refractivity contribution in [3.05, 3.63) is 66.5 Å². The zero-order chi connectivity index (χ0) is 17.8. The summed E-state index contributed by atoms with van der Waals surface area (Å²) in [6, 6.07) is 16.7. The first kappa shape index (κ1) is 16.2. The average molecular weight is 347 g/mol. The van der Waals surface area contributed by atoms with Gasteiger partial charge in [-0.15, -0.1) is 0 Å². The maximum Gasteiger partial charge on any atom is 0.128 e. The predicted octanol–water partition coefficient (Wildman–Crippen LogP) is 3.35. The van der Waals surface area contributed by atoms with Crippen molar-refractivity contribution in [2.75, 3.05) is 25.2 Å². The van der Waals surface area contributed by atoms with Crippen LogP contribution in [0.4, 0.5) is 5.69 Å². The van der Waals surface area contributed by atoms with E-state index in [1.165, 1.54) is 5.56 Å². The van der Waals surface area contributed by atoms with Gasteiger partial charge < -0.3 is 9.64 Å². The van der Waals surface area contributed by atoms with Crippen molar-refractivity contribution in [2.45, 2.75) is 6.42 Å². The van der Waals surface area contributed by atoms with Gasteiger partial charge in [-0.25, -0.2) is 0 Å². The Morgan fingerprint density at radius 1 is 1.15 bits per heavy atom. The highest BCUT2D eigenvalue weighted by molar-refractivity contribution is 5.83. The molecule has 6 nitrogen and oxygen atoms in total. The van der Waals surface area contributed by atoms with E-state index < -0.39 is 0 Å². The predicted molar refractivity (Wildman–Crippen MR) is 103 cm³/mol. The summed E-state index contributed by atoms with van der Waals surface area (Å²) in [7, 11) is 1.69. The summed E-state index contributed by atoms with van der Waals surface area (Å²) in [5.41, 5.74) is 4.40. The Hall–Kier alpha value is -3.28. The normalized spacial score (nSPS) is 13.4. The van der Waals surface area contributed by atoms with Gasteiger partial charge in [0.05, 0.1) is 13.3 Å². The lowest BCUT2D eigenvalue weighted by atomic mass is 10.1. The molecule has 0 fully saturated rings. The molecule has 26 heavy (non-hydrogen) atoms. The molecule has 0 radical (unpaired) electrons. The maximum absolute atomic E-state index is 5.58. The molecule has 0 amide bonds. The van der Waals surface area contributed by atoms with Crippen LogP contribution in [0.5, 0.6) is 5.75 Å². The highest BCUT2D eigenvalue weighted by atomic mass is 16.5. The largest absolute Gasteiger partial charge is 0.496 e. The summed E-state index contributed by atoms with van der Waals surface area (Å²) < 4.78 is 5.58. The molecular formula is C20H21N5O. The molecule has 6 heteroatoms. The number of methoxy groups -OCH3 is 1. The molecule has 0 atom stereocenters. The van der Waals surface area contributed by atoms with E-state index in [0.717, 1.165) is 42.2 Å². The Labute approximate surface area is 152 Å².